The molecule has 4 heteroatoms. The summed E-state index contributed by atoms with van der Waals surface area (Å²) < 4.78 is 0. The van der Waals surface area contributed by atoms with E-state index < -0.39 is 6.04 Å². The number of hydrogen-bond donors (Lipinski definition) is 1. The summed E-state index contributed by atoms with van der Waals surface area (Å²) in [6.45, 7) is 0.533. The highest BCUT2D eigenvalue weighted by Gasteiger charge is 2.18. The van der Waals surface area contributed by atoms with Crippen molar-refractivity contribution in [1.29, 1.82) is 0 Å². The Labute approximate surface area is 125 Å². The molecule has 1 unspecified atom stereocenters. The van der Waals surface area contributed by atoms with Crippen molar-refractivity contribution in [2.45, 2.75) is 25.4 Å². The van der Waals surface area contributed by atoms with Crippen LogP contribution < -0.4 is 5.73 Å². The normalized spacial score (nSPS) is 11.9. The zero-order chi connectivity index (χ0) is 15.1. The van der Waals surface area contributed by atoms with Crippen LogP contribution in [0.2, 0.25) is 0 Å². The van der Waals surface area contributed by atoms with Crippen LogP contribution in [0.5, 0.6) is 0 Å². The number of carbonyl (C=O) groups excluding carboxylic acids is 1. The highest BCUT2D eigenvalue weighted by molar-refractivity contribution is 5.81. The third-order valence-electron chi connectivity index (χ3n) is 3.42. The van der Waals surface area contributed by atoms with E-state index in [1.807, 2.05) is 30.3 Å². The molecule has 0 saturated heterocycles. The van der Waals surface area contributed by atoms with Gasteiger partial charge in [0.1, 0.15) is 0 Å². The van der Waals surface area contributed by atoms with E-state index in [4.69, 9.17) is 5.73 Å². The monoisotopic (exact) mass is 283 g/mol. The van der Waals surface area contributed by atoms with Gasteiger partial charge in [-0.2, -0.15) is 0 Å². The van der Waals surface area contributed by atoms with E-state index in [-0.39, 0.29) is 5.91 Å². The van der Waals surface area contributed by atoms with Crippen LogP contribution in [-0.2, 0) is 17.8 Å². The molecule has 1 heterocycles. The van der Waals surface area contributed by atoms with Gasteiger partial charge in [0, 0.05) is 26.0 Å². The van der Waals surface area contributed by atoms with Crippen LogP contribution in [0.15, 0.2) is 54.9 Å². The number of rotatable bonds is 6. The standard InChI is InChI=1S/C17H21N3O/c1-20(13-15-8-5-11-19-12-15)17(21)16(18)10-9-14-6-3-2-4-7-14/h2-8,11-12,16H,9-10,13,18H2,1H3. The van der Waals surface area contributed by atoms with Crippen molar-refractivity contribution in [3.8, 4) is 0 Å². The molecule has 2 N–H and O–H groups in total. The second-order valence-electron chi connectivity index (χ2n) is 5.19. The first kappa shape index (κ1) is 15.2. The van der Waals surface area contributed by atoms with Crippen LogP contribution in [0, 0.1) is 0 Å². The van der Waals surface area contributed by atoms with Crippen molar-refractivity contribution in [3.05, 3.63) is 66.0 Å². The molecule has 0 fully saturated rings. The van der Waals surface area contributed by atoms with E-state index in [2.05, 4.69) is 17.1 Å². The fourth-order valence-electron chi connectivity index (χ4n) is 2.22. The molecular formula is C17H21N3O. The third kappa shape index (κ3) is 4.68. The van der Waals surface area contributed by atoms with E-state index in [9.17, 15) is 4.79 Å². The molecule has 1 aromatic heterocycles. The Hall–Kier alpha value is -2.20. The summed E-state index contributed by atoms with van der Waals surface area (Å²) in [5.41, 5.74) is 8.22. The summed E-state index contributed by atoms with van der Waals surface area (Å²) in [6, 6.07) is 13.4. The Morgan fingerprint density at radius 1 is 1.19 bits per heavy atom. The lowest BCUT2D eigenvalue weighted by Gasteiger charge is -2.21. The minimum absolute atomic E-state index is 0.0326. The molecule has 0 aliphatic carbocycles. The minimum Gasteiger partial charge on any atom is -0.340 e. The SMILES string of the molecule is CN(Cc1cccnc1)C(=O)C(N)CCc1ccccc1. The number of carbonyl (C=O) groups is 1. The molecule has 2 aromatic rings. The van der Waals surface area contributed by atoms with E-state index in [0.717, 1.165) is 12.0 Å². The molecule has 0 radical (unpaired) electrons. The maximum Gasteiger partial charge on any atom is 0.239 e. The van der Waals surface area contributed by atoms with Gasteiger partial charge in [0.25, 0.3) is 0 Å². The van der Waals surface area contributed by atoms with E-state index in [0.29, 0.717) is 13.0 Å². The zero-order valence-corrected chi connectivity index (χ0v) is 12.3. The van der Waals surface area contributed by atoms with Gasteiger partial charge in [-0.15, -0.1) is 0 Å². The van der Waals surface area contributed by atoms with Crippen molar-refractivity contribution >= 4 is 5.91 Å². The maximum atomic E-state index is 12.2. The number of nitrogens with two attached hydrogens (primary N) is 1. The van der Waals surface area contributed by atoms with Gasteiger partial charge < -0.3 is 10.6 Å². The average Bonchev–Trinajstić information content (AvgIpc) is 2.53. The van der Waals surface area contributed by atoms with Gasteiger partial charge in [-0.05, 0) is 30.0 Å². The summed E-state index contributed by atoms with van der Waals surface area (Å²) in [7, 11) is 1.78. The zero-order valence-electron chi connectivity index (χ0n) is 12.3. The lowest BCUT2D eigenvalue weighted by atomic mass is 10.0. The number of hydrogen-bond acceptors (Lipinski definition) is 3. The van der Waals surface area contributed by atoms with Gasteiger partial charge >= 0.3 is 0 Å². The molecule has 0 aliphatic heterocycles. The Morgan fingerprint density at radius 2 is 1.90 bits per heavy atom. The van der Waals surface area contributed by atoms with Crippen LogP contribution in [0.4, 0.5) is 0 Å². The fourth-order valence-corrected chi connectivity index (χ4v) is 2.22. The molecule has 1 aromatic carbocycles. The third-order valence-corrected chi connectivity index (χ3v) is 3.42. The topological polar surface area (TPSA) is 59.2 Å². The maximum absolute atomic E-state index is 12.2. The number of aromatic nitrogens is 1. The molecule has 21 heavy (non-hydrogen) atoms. The first-order valence-electron chi connectivity index (χ1n) is 7.10. The first-order chi connectivity index (χ1) is 10.2. The quantitative estimate of drug-likeness (QED) is 0.882. The first-order valence-corrected chi connectivity index (χ1v) is 7.10. The summed E-state index contributed by atoms with van der Waals surface area (Å²) >= 11 is 0. The van der Waals surface area contributed by atoms with E-state index >= 15 is 0 Å². The average molecular weight is 283 g/mol. The predicted octanol–water partition coefficient (Wildman–Crippen LogP) is 2.00. The Balaban J connectivity index is 1.84. The second kappa shape index (κ2) is 7.55. The van der Waals surface area contributed by atoms with Crippen molar-refractivity contribution in [2.75, 3.05) is 7.05 Å². The number of pyridine rings is 1. The van der Waals surface area contributed by atoms with Gasteiger partial charge in [-0.1, -0.05) is 36.4 Å². The van der Waals surface area contributed by atoms with Gasteiger partial charge in [-0.3, -0.25) is 9.78 Å². The van der Waals surface area contributed by atoms with Crippen LogP contribution in [-0.4, -0.2) is 28.9 Å². The van der Waals surface area contributed by atoms with Crippen LogP contribution in [0.1, 0.15) is 17.5 Å². The molecule has 0 spiro atoms. The summed E-state index contributed by atoms with van der Waals surface area (Å²) in [6.07, 6.45) is 4.95. The largest absolute Gasteiger partial charge is 0.340 e. The van der Waals surface area contributed by atoms with Gasteiger partial charge in [0.05, 0.1) is 6.04 Å². The minimum atomic E-state index is -0.466. The molecular weight excluding hydrogens is 262 g/mol. The molecule has 110 valence electrons. The smallest absolute Gasteiger partial charge is 0.239 e. The summed E-state index contributed by atoms with van der Waals surface area (Å²) in [4.78, 5) is 18.0. The van der Waals surface area contributed by atoms with Crippen LogP contribution in [0.25, 0.3) is 0 Å². The van der Waals surface area contributed by atoms with E-state index in [1.54, 1.807) is 24.3 Å². The van der Waals surface area contributed by atoms with Crippen molar-refractivity contribution < 1.29 is 4.79 Å². The number of aryl methyl sites for hydroxylation is 1. The van der Waals surface area contributed by atoms with E-state index in [1.165, 1.54) is 5.56 Å². The lowest BCUT2D eigenvalue weighted by Crippen LogP contribution is -2.41. The second-order valence-corrected chi connectivity index (χ2v) is 5.19. The van der Waals surface area contributed by atoms with Crippen LogP contribution in [0.3, 0.4) is 0 Å². The molecule has 0 bridgehead atoms. The molecule has 0 saturated carbocycles. The number of likely N-dealkylation sites (N-methyl/N-ethyl adjacent to an activating group) is 1. The molecule has 4 nitrogen and oxygen atoms in total. The highest BCUT2D eigenvalue weighted by atomic mass is 16.2. The van der Waals surface area contributed by atoms with Gasteiger partial charge in [0.15, 0.2) is 0 Å². The Morgan fingerprint density at radius 3 is 2.57 bits per heavy atom. The highest BCUT2D eigenvalue weighted by Crippen LogP contribution is 2.07. The number of benzene rings is 1. The summed E-state index contributed by atoms with van der Waals surface area (Å²) in [5.74, 6) is -0.0326. The predicted molar refractivity (Wildman–Crippen MR) is 83.4 cm³/mol. The molecule has 1 amide bonds. The Bertz CT molecular complexity index is 557. The van der Waals surface area contributed by atoms with Gasteiger partial charge in [-0.25, -0.2) is 0 Å². The Kier molecular flexibility index (Phi) is 5.46. The fraction of sp³-hybridized carbons (Fsp3) is 0.294. The van der Waals surface area contributed by atoms with Crippen molar-refractivity contribution in [1.82, 2.24) is 9.88 Å². The number of amides is 1. The van der Waals surface area contributed by atoms with Gasteiger partial charge in [0.2, 0.25) is 5.91 Å². The van der Waals surface area contributed by atoms with Crippen molar-refractivity contribution in [2.24, 2.45) is 5.73 Å². The molecule has 0 aliphatic rings. The van der Waals surface area contributed by atoms with Crippen LogP contribution >= 0.6 is 0 Å². The lowest BCUT2D eigenvalue weighted by molar-refractivity contribution is -0.131. The molecule has 2 rings (SSSR count). The van der Waals surface area contributed by atoms with Crippen molar-refractivity contribution in [3.63, 3.8) is 0 Å². The number of nitrogens with zero attached hydrogens (tertiary/aromatic N) is 2. The molecule has 1 atom stereocenters. The summed E-state index contributed by atoms with van der Waals surface area (Å²) in [5, 5.41) is 0.